The number of carbonyl (C=O) groups is 1. The maximum atomic E-state index is 13.2. The summed E-state index contributed by atoms with van der Waals surface area (Å²) in [6.07, 6.45) is -0.318. The molecule has 0 aromatic heterocycles. The van der Waals surface area contributed by atoms with Crippen LogP contribution in [0.5, 0.6) is 5.75 Å². The molecule has 0 saturated carbocycles. The Morgan fingerprint density at radius 3 is 2.43 bits per heavy atom. The SMILES string of the molecule is O=C(Oc1ccccc1)N1CCN(Cc2cccc(F)c2)CC1. The average molecular weight is 314 g/mol. The van der Waals surface area contributed by atoms with Crippen molar-refractivity contribution >= 4 is 6.09 Å². The number of hydrogen-bond donors (Lipinski definition) is 0. The maximum absolute atomic E-state index is 13.2. The molecule has 2 aromatic carbocycles. The van der Waals surface area contributed by atoms with Crippen molar-refractivity contribution in [2.45, 2.75) is 6.54 Å². The van der Waals surface area contributed by atoms with E-state index in [9.17, 15) is 9.18 Å². The van der Waals surface area contributed by atoms with Gasteiger partial charge in [-0.1, -0.05) is 30.3 Å². The molecule has 23 heavy (non-hydrogen) atoms. The second-order valence-electron chi connectivity index (χ2n) is 5.57. The molecule has 0 radical (unpaired) electrons. The number of ether oxygens (including phenoxy) is 1. The van der Waals surface area contributed by atoms with Gasteiger partial charge in [0, 0.05) is 32.7 Å². The summed E-state index contributed by atoms with van der Waals surface area (Å²) < 4.78 is 18.6. The van der Waals surface area contributed by atoms with Crippen LogP contribution in [0.2, 0.25) is 0 Å². The van der Waals surface area contributed by atoms with Crippen molar-refractivity contribution in [2.24, 2.45) is 0 Å². The first-order valence-corrected chi connectivity index (χ1v) is 7.69. The van der Waals surface area contributed by atoms with Gasteiger partial charge in [0.25, 0.3) is 0 Å². The molecule has 1 saturated heterocycles. The molecule has 0 bridgehead atoms. The van der Waals surface area contributed by atoms with Crippen LogP contribution < -0.4 is 4.74 Å². The van der Waals surface area contributed by atoms with E-state index in [4.69, 9.17) is 4.74 Å². The van der Waals surface area contributed by atoms with Crippen LogP contribution in [0.3, 0.4) is 0 Å². The summed E-state index contributed by atoms with van der Waals surface area (Å²) in [5.74, 6) is 0.340. The van der Waals surface area contributed by atoms with Gasteiger partial charge < -0.3 is 9.64 Å². The van der Waals surface area contributed by atoms with Gasteiger partial charge in [-0.15, -0.1) is 0 Å². The van der Waals surface area contributed by atoms with E-state index in [1.54, 1.807) is 29.2 Å². The predicted molar refractivity (Wildman–Crippen MR) is 85.7 cm³/mol. The van der Waals surface area contributed by atoms with E-state index in [-0.39, 0.29) is 11.9 Å². The first kappa shape index (κ1) is 15.5. The molecule has 0 spiro atoms. The first-order valence-electron chi connectivity index (χ1n) is 7.69. The molecule has 0 N–H and O–H groups in total. The number of rotatable bonds is 3. The zero-order valence-electron chi connectivity index (χ0n) is 12.8. The summed E-state index contributed by atoms with van der Waals surface area (Å²) >= 11 is 0. The van der Waals surface area contributed by atoms with E-state index in [1.165, 1.54) is 6.07 Å². The van der Waals surface area contributed by atoms with Crippen LogP contribution in [-0.4, -0.2) is 42.1 Å². The van der Waals surface area contributed by atoms with E-state index in [2.05, 4.69) is 4.90 Å². The van der Waals surface area contributed by atoms with Crippen molar-refractivity contribution in [1.82, 2.24) is 9.80 Å². The predicted octanol–water partition coefficient (Wildman–Crippen LogP) is 3.14. The molecule has 1 aliphatic rings. The number of halogens is 1. The zero-order chi connectivity index (χ0) is 16.1. The lowest BCUT2D eigenvalue weighted by Crippen LogP contribution is -2.49. The molecule has 1 amide bonds. The van der Waals surface area contributed by atoms with Gasteiger partial charge in [0.15, 0.2) is 0 Å². The second kappa shape index (κ2) is 7.24. The Balaban J connectivity index is 1.49. The Morgan fingerprint density at radius 2 is 1.74 bits per heavy atom. The van der Waals surface area contributed by atoms with Crippen molar-refractivity contribution in [3.63, 3.8) is 0 Å². The lowest BCUT2D eigenvalue weighted by molar-refractivity contribution is 0.108. The zero-order valence-corrected chi connectivity index (χ0v) is 12.8. The summed E-state index contributed by atoms with van der Waals surface area (Å²) in [5, 5.41) is 0. The molecule has 2 aromatic rings. The topological polar surface area (TPSA) is 32.8 Å². The van der Waals surface area contributed by atoms with Crippen molar-refractivity contribution in [2.75, 3.05) is 26.2 Å². The monoisotopic (exact) mass is 314 g/mol. The Kier molecular flexibility index (Phi) is 4.88. The van der Waals surface area contributed by atoms with E-state index in [1.807, 2.05) is 24.3 Å². The van der Waals surface area contributed by atoms with E-state index >= 15 is 0 Å². The second-order valence-corrected chi connectivity index (χ2v) is 5.57. The molecular formula is C18H19FN2O2. The highest BCUT2D eigenvalue weighted by atomic mass is 19.1. The van der Waals surface area contributed by atoms with Gasteiger partial charge in [-0.3, -0.25) is 4.90 Å². The fourth-order valence-electron chi connectivity index (χ4n) is 2.64. The number of benzene rings is 2. The maximum Gasteiger partial charge on any atom is 0.415 e. The quantitative estimate of drug-likeness (QED) is 0.872. The Morgan fingerprint density at radius 1 is 1.00 bits per heavy atom. The van der Waals surface area contributed by atoms with Gasteiger partial charge in [0.2, 0.25) is 0 Å². The van der Waals surface area contributed by atoms with E-state index in [0.29, 0.717) is 25.4 Å². The molecule has 1 heterocycles. The van der Waals surface area contributed by atoms with Crippen molar-refractivity contribution in [3.8, 4) is 5.75 Å². The minimum absolute atomic E-state index is 0.215. The molecule has 0 aliphatic carbocycles. The molecule has 3 rings (SSSR count). The smallest absolute Gasteiger partial charge is 0.410 e. The number of carbonyl (C=O) groups excluding carboxylic acids is 1. The van der Waals surface area contributed by atoms with Gasteiger partial charge in [-0.2, -0.15) is 0 Å². The van der Waals surface area contributed by atoms with Crippen LogP contribution in [0.15, 0.2) is 54.6 Å². The summed E-state index contributed by atoms with van der Waals surface area (Å²) in [6, 6.07) is 15.7. The third-order valence-corrected chi connectivity index (χ3v) is 3.87. The van der Waals surface area contributed by atoms with Gasteiger partial charge >= 0.3 is 6.09 Å². The van der Waals surface area contributed by atoms with Gasteiger partial charge in [-0.05, 0) is 29.8 Å². The molecular weight excluding hydrogens is 295 g/mol. The third-order valence-electron chi connectivity index (χ3n) is 3.87. The summed E-state index contributed by atoms with van der Waals surface area (Å²) in [6.45, 7) is 3.42. The fraction of sp³-hybridized carbons (Fsp3) is 0.278. The molecule has 1 aliphatic heterocycles. The fourth-order valence-corrected chi connectivity index (χ4v) is 2.64. The van der Waals surface area contributed by atoms with Crippen molar-refractivity contribution in [3.05, 3.63) is 66.0 Å². The Labute approximate surface area is 135 Å². The standard InChI is InChI=1S/C18H19FN2O2/c19-16-6-4-5-15(13-16)14-20-9-11-21(12-10-20)18(22)23-17-7-2-1-3-8-17/h1-8,13H,9-12,14H2. The third kappa shape index (κ3) is 4.29. The van der Waals surface area contributed by atoms with E-state index in [0.717, 1.165) is 18.7 Å². The molecule has 5 heteroatoms. The average Bonchev–Trinajstić information content (AvgIpc) is 2.56. The Bertz CT molecular complexity index is 655. The number of hydrogen-bond acceptors (Lipinski definition) is 3. The van der Waals surface area contributed by atoms with Gasteiger partial charge in [0.1, 0.15) is 11.6 Å². The van der Waals surface area contributed by atoms with Crippen LogP contribution >= 0.6 is 0 Å². The normalized spacial score (nSPS) is 15.4. The number of amides is 1. The summed E-state index contributed by atoms with van der Waals surface area (Å²) in [7, 11) is 0. The van der Waals surface area contributed by atoms with Crippen LogP contribution in [0.25, 0.3) is 0 Å². The molecule has 4 nitrogen and oxygen atoms in total. The number of piperazine rings is 1. The van der Waals surface area contributed by atoms with Gasteiger partial charge in [-0.25, -0.2) is 9.18 Å². The van der Waals surface area contributed by atoms with Gasteiger partial charge in [0.05, 0.1) is 0 Å². The number of nitrogens with zero attached hydrogens (tertiary/aromatic N) is 2. The lowest BCUT2D eigenvalue weighted by atomic mass is 10.2. The molecule has 0 atom stereocenters. The van der Waals surface area contributed by atoms with Crippen LogP contribution in [-0.2, 0) is 6.54 Å². The first-order chi connectivity index (χ1) is 11.2. The molecule has 0 unspecified atom stereocenters. The molecule has 120 valence electrons. The van der Waals surface area contributed by atoms with Crippen molar-refractivity contribution < 1.29 is 13.9 Å². The molecule has 1 fully saturated rings. The minimum atomic E-state index is -0.318. The Hall–Kier alpha value is -2.40. The lowest BCUT2D eigenvalue weighted by Gasteiger charge is -2.34. The minimum Gasteiger partial charge on any atom is -0.410 e. The highest BCUT2D eigenvalue weighted by molar-refractivity contribution is 5.70. The van der Waals surface area contributed by atoms with Crippen LogP contribution in [0, 0.1) is 5.82 Å². The van der Waals surface area contributed by atoms with Crippen LogP contribution in [0.4, 0.5) is 9.18 Å². The summed E-state index contributed by atoms with van der Waals surface area (Å²) in [4.78, 5) is 16.0. The number of para-hydroxylation sites is 1. The highest BCUT2D eigenvalue weighted by Crippen LogP contribution is 2.13. The summed E-state index contributed by atoms with van der Waals surface area (Å²) in [5.41, 5.74) is 0.949. The van der Waals surface area contributed by atoms with E-state index < -0.39 is 0 Å². The van der Waals surface area contributed by atoms with Crippen LogP contribution in [0.1, 0.15) is 5.56 Å². The largest absolute Gasteiger partial charge is 0.415 e. The highest BCUT2D eigenvalue weighted by Gasteiger charge is 2.22. The van der Waals surface area contributed by atoms with Crippen molar-refractivity contribution in [1.29, 1.82) is 0 Å².